The van der Waals surface area contributed by atoms with Crippen LogP contribution in [0.3, 0.4) is 0 Å². The molecule has 0 aromatic heterocycles. The van der Waals surface area contributed by atoms with Crippen molar-refractivity contribution in [2.45, 2.75) is 70.3 Å². The summed E-state index contributed by atoms with van der Waals surface area (Å²) in [4.78, 5) is 14.1. The number of rotatable bonds is 1. The Labute approximate surface area is 170 Å². The lowest BCUT2D eigenvalue weighted by molar-refractivity contribution is 0.00607. The van der Waals surface area contributed by atoms with Crippen LogP contribution in [0.25, 0.3) is 0 Å². The second kappa shape index (κ2) is 7.26. The van der Waals surface area contributed by atoms with E-state index in [0.717, 1.165) is 17.0 Å². The summed E-state index contributed by atoms with van der Waals surface area (Å²) in [5.74, 6) is 0.762. The number of piperidine rings is 1. The first kappa shape index (κ1) is 21.0. The Morgan fingerprint density at radius 2 is 1.79 bits per heavy atom. The molecule has 0 aliphatic carbocycles. The minimum atomic E-state index is -1.39. The number of para-hydroxylation sites is 1. The number of ether oxygens (including phenoxy) is 2. The number of carbonyl (C=O) groups excluding carboxylic acids is 1. The monoisotopic (exact) mass is 406 g/mol. The Kier molecular flexibility index (Phi) is 5.44. The van der Waals surface area contributed by atoms with Gasteiger partial charge in [0.1, 0.15) is 33.2 Å². The number of hydrogen-bond donors (Lipinski definition) is 0. The van der Waals surface area contributed by atoms with Gasteiger partial charge in [0.05, 0.1) is 0 Å². The number of nitrogens with zero attached hydrogens (tertiary/aromatic N) is 2. The van der Waals surface area contributed by atoms with Gasteiger partial charge in [-0.2, -0.15) is 0 Å². The van der Waals surface area contributed by atoms with Crippen molar-refractivity contribution in [3.63, 3.8) is 0 Å². The minimum absolute atomic E-state index is 0.311. The molecule has 6 nitrogen and oxygen atoms in total. The number of fused-ring (bicyclic) bond motifs is 1. The van der Waals surface area contributed by atoms with E-state index in [1.54, 1.807) is 4.90 Å². The van der Waals surface area contributed by atoms with Gasteiger partial charge in [0, 0.05) is 31.5 Å². The van der Waals surface area contributed by atoms with Crippen LogP contribution in [0.5, 0.6) is 5.75 Å². The summed E-state index contributed by atoms with van der Waals surface area (Å²) in [6.45, 7) is 12.3. The molecule has 0 saturated carbocycles. The van der Waals surface area contributed by atoms with Crippen LogP contribution in [-0.2, 0) is 16.1 Å². The number of hydrogen-bond acceptors (Lipinski definition) is 5. The van der Waals surface area contributed by atoms with Crippen LogP contribution in [0, 0.1) is 0 Å². The summed E-state index contributed by atoms with van der Waals surface area (Å²) in [6, 6.07) is 7.74. The quantitative estimate of drug-likeness (QED) is 0.658. The molecule has 2 aliphatic rings. The van der Waals surface area contributed by atoms with Gasteiger partial charge < -0.3 is 18.9 Å². The van der Waals surface area contributed by atoms with Gasteiger partial charge in [-0.25, -0.2) is 4.79 Å². The van der Waals surface area contributed by atoms with E-state index in [2.05, 4.69) is 4.40 Å². The van der Waals surface area contributed by atoms with Gasteiger partial charge in [0.15, 0.2) is 5.60 Å². The highest BCUT2D eigenvalue weighted by atomic mass is 32.2. The molecule has 3 rings (SSSR count). The van der Waals surface area contributed by atoms with Crippen molar-refractivity contribution in [3.8, 4) is 5.75 Å². The lowest BCUT2D eigenvalue weighted by Gasteiger charge is -2.39. The van der Waals surface area contributed by atoms with Gasteiger partial charge in [0.2, 0.25) is 0 Å². The maximum atomic E-state index is 12.8. The molecule has 1 atom stereocenters. The zero-order valence-electron chi connectivity index (χ0n) is 17.6. The van der Waals surface area contributed by atoms with Crippen LogP contribution in [0.15, 0.2) is 28.7 Å². The molecule has 2 aliphatic heterocycles. The molecule has 1 fully saturated rings. The first-order valence-corrected chi connectivity index (χ1v) is 10.8. The fourth-order valence-electron chi connectivity index (χ4n) is 3.32. The number of benzene rings is 1. The van der Waals surface area contributed by atoms with Gasteiger partial charge in [-0.1, -0.05) is 16.5 Å². The smallest absolute Gasteiger partial charge is 0.410 e. The lowest BCUT2D eigenvalue weighted by atomic mass is 9.85. The molecule has 1 aromatic rings. The zero-order valence-corrected chi connectivity index (χ0v) is 18.4. The molecule has 7 heteroatoms. The number of carbonyl (C=O) groups is 1. The normalized spacial score (nSPS) is 21.4. The summed E-state index contributed by atoms with van der Waals surface area (Å²) >= 11 is -1.39. The molecular weight excluding hydrogens is 376 g/mol. The number of amides is 1. The Bertz CT molecular complexity index is 771. The SMILES string of the molecule is CC(C)(C)OC(=O)N1CCC2(CC1)Oc1ccccc1C2=N[S@+]([O-])C(C)(C)C. The van der Waals surface area contributed by atoms with Gasteiger partial charge >= 0.3 is 6.09 Å². The molecule has 154 valence electrons. The zero-order chi connectivity index (χ0) is 20.7. The fourth-order valence-corrected chi connectivity index (χ4v) is 4.03. The third-order valence-corrected chi connectivity index (χ3v) is 6.20. The van der Waals surface area contributed by atoms with Crippen molar-refractivity contribution in [2.24, 2.45) is 4.40 Å². The summed E-state index contributed by atoms with van der Waals surface area (Å²) < 4.78 is 28.8. The average Bonchev–Trinajstić information content (AvgIpc) is 2.86. The van der Waals surface area contributed by atoms with Crippen molar-refractivity contribution in [1.82, 2.24) is 4.90 Å². The van der Waals surface area contributed by atoms with Crippen molar-refractivity contribution >= 4 is 23.2 Å². The van der Waals surface area contributed by atoms with Crippen LogP contribution in [-0.4, -0.2) is 50.3 Å². The molecule has 2 heterocycles. The van der Waals surface area contributed by atoms with Crippen LogP contribution in [0.2, 0.25) is 0 Å². The van der Waals surface area contributed by atoms with Crippen LogP contribution in [0.4, 0.5) is 4.79 Å². The Balaban J connectivity index is 1.85. The van der Waals surface area contributed by atoms with E-state index in [9.17, 15) is 9.35 Å². The summed E-state index contributed by atoms with van der Waals surface area (Å²) in [5, 5.41) is 0. The highest BCUT2D eigenvalue weighted by molar-refractivity contribution is 7.91. The number of likely N-dealkylation sites (tertiary alicyclic amines) is 1. The van der Waals surface area contributed by atoms with E-state index >= 15 is 0 Å². The topological polar surface area (TPSA) is 74.2 Å². The van der Waals surface area contributed by atoms with Gasteiger partial charge in [0.25, 0.3) is 0 Å². The molecule has 1 aromatic carbocycles. The van der Waals surface area contributed by atoms with E-state index in [1.807, 2.05) is 65.8 Å². The minimum Gasteiger partial charge on any atom is -0.591 e. The second-order valence-corrected chi connectivity index (χ2v) is 11.3. The van der Waals surface area contributed by atoms with E-state index in [4.69, 9.17) is 9.47 Å². The van der Waals surface area contributed by atoms with Gasteiger partial charge in [-0.05, 0) is 53.7 Å². The highest BCUT2D eigenvalue weighted by Gasteiger charge is 2.50. The Morgan fingerprint density at radius 3 is 2.36 bits per heavy atom. The van der Waals surface area contributed by atoms with E-state index < -0.39 is 27.3 Å². The predicted octanol–water partition coefficient (Wildman–Crippen LogP) is 4.10. The van der Waals surface area contributed by atoms with Gasteiger partial charge in [-0.3, -0.25) is 0 Å². The average molecular weight is 407 g/mol. The Hall–Kier alpha value is -1.73. The molecular formula is C21H30N2O4S. The maximum absolute atomic E-state index is 12.8. The molecule has 1 spiro atoms. The third-order valence-electron chi connectivity index (χ3n) is 4.80. The van der Waals surface area contributed by atoms with Crippen LogP contribution >= 0.6 is 0 Å². The van der Waals surface area contributed by atoms with Gasteiger partial charge in [-0.15, -0.1) is 0 Å². The molecule has 28 heavy (non-hydrogen) atoms. The predicted molar refractivity (Wildman–Crippen MR) is 111 cm³/mol. The van der Waals surface area contributed by atoms with Crippen molar-refractivity contribution in [2.75, 3.05) is 13.1 Å². The lowest BCUT2D eigenvalue weighted by Crippen LogP contribution is -2.53. The first-order valence-electron chi connectivity index (χ1n) is 9.69. The second-order valence-electron chi connectivity index (χ2n) is 9.36. The standard InChI is InChI=1S/C21H30N2O4S/c1-19(2,3)27-18(24)23-13-11-21(12-14-23)17(22-28(25)20(4,5)6)15-9-7-8-10-16(15)26-21/h7-10H,11-14H2,1-6H3/t28-/m1/s1. The molecule has 0 N–H and O–H groups in total. The van der Waals surface area contributed by atoms with E-state index in [1.165, 1.54) is 0 Å². The molecule has 1 saturated heterocycles. The first-order chi connectivity index (χ1) is 12.9. The Morgan fingerprint density at radius 1 is 1.18 bits per heavy atom. The molecule has 1 amide bonds. The summed E-state index contributed by atoms with van der Waals surface area (Å²) in [6.07, 6.45) is 0.858. The van der Waals surface area contributed by atoms with Crippen molar-refractivity contribution < 1.29 is 18.8 Å². The van der Waals surface area contributed by atoms with Crippen molar-refractivity contribution in [3.05, 3.63) is 29.8 Å². The highest BCUT2D eigenvalue weighted by Crippen LogP contribution is 2.42. The maximum Gasteiger partial charge on any atom is 0.410 e. The fraction of sp³-hybridized carbons (Fsp3) is 0.619. The summed E-state index contributed by atoms with van der Waals surface area (Å²) in [5.41, 5.74) is 0.456. The summed E-state index contributed by atoms with van der Waals surface area (Å²) in [7, 11) is 0. The largest absolute Gasteiger partial charge is 0.591 e. The van der Waals surface area contributed by atoms with E-state index in [-0.39, 0.29) is 6.09 Å². The van der Waals surface area contributed by atoms with E-state index in [0.29, 0.717) is 25.9 Å². The molecule has 0 bridgehead atoms. The van der Waals surface area contributed by atoms with Crippen LogP contribution < -0.4 is 4.74 Å². The molecule has 0 radical (unpaired) electrons. The van der Waals surface area contributed by atoms with Crippen LogP contribution in [0.1, 0.15) is 59.9 Å². The third kappa shape index (κ3) is 4.30. The molecule has 0 unspecified atom stereocenters. The van der Waals surface area contributed by atoms with Crippen molar-refractivity contribution in [1.29, 1.82) is 0 Å².